The lowest BCUT2D eigenvalue weighted by molar-refractivity contribution is 0.0418. The number of hydrogen-bond donors (Lipinski definition) is 3. The zero-order chi connectivity index (χ0) is 19.2. The summed E-state index contributed by atoms with van der Waals surface area (Å²) in [6.07, 6.45) is 19.8. The Morgan fingerprint density at radius 3 is 2.46 bits per heavy atom. The summed E-state index contributed by atoms with van der Waals surface area (Å²) in [6.45, 7) is 4.24. The summed E-state index contributed by atoms with van der Waals surface area (Å²) in [5.41, 5.74) is 2.47. The van der Waals surface area contributed by atoms with Gasteiger partial charge in [-0.05, 0) is 43.3 Å². The fourth-order valence-electron chi connectivity index (χ4n) is 3.08. The van der Waals surface area contributed by atoms with Gasteiger partial charge in [0.2, 0.25) is 0 Å². The van der Waals surface area contributed by atoms with Gasteiger partial charge in [-0.25, -0.2) is 0 Å². The number of aliphatic hydroxyl groups is 3. The van der Waals surface area contributed by atoms with Crippen LogP contribution in [0.3, 0.4) is 0 Å². The lowest BCUT2D eigenvalue weighted by atomic mass is 9.94. The zero-order valence-electron chi connectivity index (χ0n) is 16.6. The minimum atomic E-state index is -0.802. The fraction of sp³-hybridized carbons (Fsp3) is 0.652. The van der Waals surface area contributed by atoms with E-state index in [4.69, 9.17) is 0 Å². The highest BCUT2D eigenvalue weighted by Crippen LogP contribution is 2.23. The summed E-state index contributed by atoms with van der Waals surface area (Å²) in [5, 5.41) is 29.8. The maximum absolute atomic E-state index is 10.00. The lowest BCUT2D eigenvalue weighted by Gasteiger charge is -2.14. The van der Waals surface area contributed by atoms with E-state index in [1.165, 1.54) is 24.0 Å². The van der Waals surface area contributed by atoms with E-state index in [1.54, 1.807) is 6.08 Å². The quantitative estimate of drug-likeness (QED) is 0.429. The van der Waals surface area contributed by atoms with Gasteiger partial charge in [0.25, 0.3) is 0 Å². The highest BCUT2D eigenvalue weighted by Gasteiger charge is 2.11. The Bertz CT molecular complexity index is 488. The summed E-state index contributed by atoms with van der Waals surface area (Å²) in [6, 6.07) is 0. The maximum Gasteiger partial charge on any atom is 0.0982 e. The molecule has 0 aliphatic heterocycles. The molecule has 3 nitrogen and oxygen atoms in total. The average Bonchev–Trinajstić information content (AvgIpc) is 2.65. The summed E-state index contributed by atoms with van der Waals surface area (Å²) in [5.74, 6) is 0. The largest absolute Gasteiger partial charge is 0.390 e. The second kappa shape index (κ2) is 14.0. The molecule has 148 valence electrons. The molecular weight excluding hydrogens is 324 g/mol. The summed E-state index contributed by atoms with van der Waals surface area (Å²) in [4.78, 5) is 0. The first kappa shape index (κ1) is 22.9. The van der Waals surface area contributed by atoms with Crippen LogP contribution in [0.2, 0.25) is 0 Å². The van der Waals surface area contributed by atoms with E-state index >= 15 is 0 Å². The number of rotatable bonds is 12. The van der Waals surface area contributed by atoms with E-state index in [-0.39, 0.29) is 6.10 Å². The molecule has 1 aliphatic carbocycles. The zero-order valence-corrected chi connectivity index (χ0v) is 16.6. The second-order valence-corrected chi connectivity index (χ2v) is 7.32. The normalized spacial score (nSPS) is 20.7. The van der Waals surface area contributed by atoms with Crippen LogP contribution in [-0.2, 0) is 0 Å². The van der Waals surface area contributed by atoms with E-state index in [2.05, 4.69) is 26.0 Å². The predicted octanol–water partition coefficient (Wildman–Crippen LogP) is 4.99. The molecule has 0 spiro atoms. The molecule has 0 amide bonds. The average molecular weight is 363 g/mol. The van der Waals surface area contributed by atoms with Crippen molar-refractivity contribution in [2.24, 2.45) is 0 Å². The first-order valence-electron chi connectivity index (χ1n) is 10.4. The van der Waals surface area contributed by atoms with Gasteiger partial charge in [0.1, 0.15) is 0 Å². The number of aliphatic hydroxyl groups excluding tert-OH is 3. The molecule has 0 radical (unpaired) electrons. The molecule has 1 rings (SSSR count). The Balaban J connectivity index is 2.52. The molecule has 0 saturated heterocycles. The molecule has 3 N–H and O–H groups in total. The van der Waals surface area contributed by atoms with Crippen molar-refractivity contribution in [1.82, 2.24) is 0 Å². The molecule has 1 aliphatic rings. The van der Waals surface area contributed by atoms with E-state index in [0.717, 1.165) is 44.9 Å². The molecular formula is C23H38O3. The third-order valence-electron chi connectivity index (χ3n) is 4.80. The first-order valence-corrected chi connectivity index (χ1v) is 10.4. The Kier molecular flexibility index (Phi) is 12.3. The topological polar surface area (TPSA) is 60.7 Å². The van der Waals surface area contributed by atoms with Gasteiger partial charge in [0, 0.05) is 0 Å². The third kappa shape index (κ3) is 10.1. The number of unbranched alkanes of at least 4 members (excludes halogenated alkanes) is 3. The summed E-state index contributed by atoms with van der Waals surface area (Å²) in [7, 11) is 0. The predicted molar refractivity (Wildman–Crippen MR) is 110 cm³/mol. The summed E-state index contributed by atoms with van der Waals surface area (Å²) >= 11 is 0. The number of hydrogen-bond acceptors (Lipinski definition) is 3. The van der Waals surface area contributed by atoms with Crippen LogP contribution < -0.4 is 0 Å². The van der Waals surface area contributed by atoms with Crippen molar-refractivity contribution in [1.29, 1.82) is 0 Å². The van der Waals surface area contributed by atoms with E-state index in [9.17, 15) is 15.3 Å². The van der Waals surface area contributed by atoms with E-state index < -0.39 is 12.2 Å². The van der Waals surface area contributed by atoms with E-state index in [0.29, 0.717) is 6.42 Å². The van der Waals surface area contributed by atoms with Crippen LogP contribution >= 0.6 is 0 Å². The van der Waals surface area contributed by atoms with Crippen molar-refractivity contribution in [2.45, 2.75) is 96.4 Å². The molecule has 0 saturated carbocycles. The molecule has 3 atom stereocenters. The van der Waals surface area contributed by atoms with Gasteiger partial charge in [0.15, 0.2) is 0 Å². The molecule has 3 heteroatoms. The standard InChI is InChI=1S/C23H38O3/c1-3-5-7-13-21(24)17-16-20-11-8-10-19(18-20)12-9-15-23(26)22(25)14-6-4-2/h9,12,15-18,21-26H,3-8,10-11,13-14H2,1-2H3/b15-9+,17-16+,19-12-/t21-,22-,23+/m0/s1. The van der Waals surface area contributed by atoms with Crippen LogP contribution in [-0.4, -0.2) is 33.6 Å². The molecule has 0 aromatic heterocycles. The van der Waals surface area contributed by atoms with Gasteiger partial charge in [-0.15, -0.1) is 0 Å². The summed E-state index contributed by atoms with van der Waals surface area (Å²) < 4.78 is 0. The molecule has 0 fully saturated rings. The molecule has 0 bridgehead atoms. The van der Waals surface area contributed by atoms with Crippen LogP contribution in [0.1, 0.15) is 78.1 Å². The number of allylic oxidation sites excluding steroid dienone is 6. The molecule has 26 heavy (non-hydrogen) atoms. The Hall–Kier alpha value is -1.16. The van der Waals surface area contributed by atoms with Crippen molar-refractivity contribution in [3.05, 3.63) is 47.6 Å². The Morgan fingerprint density at radius 1 is 0.962 bits per heavy atom. The van der Waals surface area contributed by atoms with Crippen LogP contribution in [0.25, 0.3) is 0 Å². The van der Waals surface area contributed by atoms with Crippen LogP contribution in [0, 0.1) is 0 Å². The fourth-order valence-corrected chi connectivity index (χ4v) is 3.08. The molecule has 0 aromatic carbocycles. The van der Waals surface area contributed by atoms with E-state index in [1.807, 2.05) is 18.2 Å². The lowest BCUT2D eigenvalue weighted by Crippen LogP contribution is -2.23. The SMILES string of the molecule is CCCCC[C@H](O)/C=C/C1=CC(=C\C=C\[C@@H](O)[C@@H](O)CCCC)/CCC1. The third-order valence-corrected chi connectivity index (χ3v) is 4.80. The molecule has 0 unspecified atom stereocenters. The van der Waals surface area contributed by atoms with Gasteiger partial charge in [-0.1, -0.05) is 82.4 Å². The highest BCUT2D eigenvalue weighted by molar-refractivity contribution is 5.35. The van der Waals surface area contributed by atoms with Crippen molar-refractivity contribution >= 4 is 0 Å². The van der Waals surface area contributed by atoms with Crippen molar-refractivity contribution in [3.8, 4) is 0 Å². The minimum absolute atomic E-state index is 0.351. The van der Waals surface area contributed by atoms with Gasteiger partial charge in [0.05, 0.1) is 18.3 Å². The Labute approximate surface area is 159 Å². The maximum atomic E-state index is 10.00. The van der Waals surface area contributed by atoms with Gasteiger partial charge in [-0.2, -0.15) is 0 Å². The molecule has 0 aromatic rings. The van der Waals surface area contributed by atoms with Crippen molar-refractivity contribution in [2.75, 3.05) is 0 Å². The molecule has 0 heterocycles. The second-order valence-electron chi connectivity index (χ2n) is 7.32. The van der Waals surface area contributed by atoms with Crippen molar-refractivity contribution in [3.63, 3.8) is 0 Å². The Morgan fingerprint density at radius 2 is 1.73 bits per heavy atom. The monoisotopic (exact) mass is 362 g/mol. The van der Waals surface area contributed by atoms with Gasteiger partial charge in [-0.3, -0.25) is 0 Å². The first-order chi connectivity index (χ1) is 12.6. The van der Waals surface area contributed by atoms with Gasteiger partial charge < -0.3 is 15.3 Å². The van der Waals surface area contributed by atoms with Gasteiger partial charge >= 0.3 is 0 Å². The van der Waals surface area contributed by atoms with Crippen molar-refractivity contribution < 1.29 is 15.3 Å². The minimum Gasteiger partial charge on any atom is -0.390 e. The van der Waals surface area contributed by atoms with Crippen LogP contribution in [0.4, 0.5) is 0 Å². The highest BCUT2D eigenvalue weighted by atomic mass is 16.3. The smallest absolute Gasteiger partial charge is 0.0982 e. The van der Waals surface area contributed by atoms with Crippen LogP contribution in [0.5, 0.6) is 0 Å². The van der Waals surface area contributed by atoms with Crippen LogP contribution in [0.15, 0.2) is 47.6 Å².